The van der Waals surface area contributed by atoms with E-state index in [1.807, 2.05) is 29.6 Å². The number of nitrogens with zero attached hydrogens (tertiary/aromatic N) is 4. The predicted molar refractivity (Wildman–Crippen MR) is 91.7 cm³/mol. The van der Waals surface area contributed by atoms with Crippen LogP contribution in [0.2, 0.25) is 5.02 Å². The number of thiophene rings is 1. The standard InChI is InChI=1S/C15H9ClN4OS2/c16-11-4-2-1-3-9(11)13-19-12(21-20-13)7-23-15-10-5-6-22-14(10)17-8-18-15/h1-6,8H,7H2. The molecule has 3 heterocycles. The second-order valence-electron chi connectivity index (χ2n) is 4.60. The summed E-state index contributed by atoms with van der Waals surface area (Å²) in [6.45, 7) is 0. The van der Waals surface area contributed by atoms with Gasteiger partial charge in [0.05, 0.1) is 10.8 Å². The third-order valence-corrected chi connectivity index (χ3v) is 5.28. The van der Waals surface area contributed by atoms with Crippen LogP contribution in [0, 0.1) is 0 Å². The van der Waals surface area contributed by atoms with E-state index in [1.165, 1.54) is 0 Å². The van der Waals surface area contributed by atoms with E-state index in [0.717, 1.165) is 20.8 Å². The van der Waals surface area contributed by atoms with Crippen molar-refractivity contribution in [3.05, 3.63) is 53.0 Å². The molecule has 0 radical (unpaired) electrons. The number of aromatic nitrogens is 4. The van der Waals surface area contributed by atoms with E-state index < -0.39 is 0 Å². The fraction of sp³-hybridized carbons (Fsp3) is 0.0667. The first kappa shape index (κ1) is 14.6. The molecular formula is C15H9ClN4OS2. The highest BCUT2D eigenvalue weighted by molar-refractivity contribution is 7.98. The highest BCUT2D eigenvalue weighted by atomic mass is 35.5. The van der Waals surface area contributed by atoms with Crippen LogP contribution in [0.5, 0.6) is 0 Å². The van der Waals surface area contributed by atoms with E-state index in [2.05, 4.69) is 20.1 Å². The van der Waals surface area contributed by atoms with E-state index in [1.54, 1.807) is 35.5 Å². The Morgan fingerprint density at radius 2 is 2.09 bits per heavy atom. The molecule has 4 aromatic rings. The van der Waals surface area contributed by atoms with Crippen LogP contribution in [0.4, 0.5) is 0 Å². The molecule has 114 valence electrons. The molecule has 0 amide bonds. The Balaban J connectivity index is 1.54. The first-order valence-corrected chi connectivity index (χ1v) is 8.94. The molecule has 0 spiro atoms. The predicted octanol–water partition coefficient (Wildman–Crippen LogP) is 4.69. The topological polar surface area (TPSA) is 64.7 Å². The van der Waals surface area contributed by atoms with Gasteiger partial charge in [-0.1, -0.05) is 40.7 Å². The van der Waals surface area contributed by atoms with Crippen LogP contribution in [-0.4, -0.2) is 20.1 Å². The Morgan fingerprint density at radius 3 is 3.00 bits per heavy atom. The molecule has 4 rings (SSSR count). The summed E-state index contributed by atoms with van der Waals surface area (Å²) < 4.78 is 5.31. The molecule has 1 aromatic carbocycles. The zero-order chi connectivity index (χ0) is 15.6. The fourth-order valence-corrected chi connectivity index (χ4v) is 3.91. The Morgan fingerprint density at radius 1 is 1.17 bits per heavy atom. The van der Waals surface area contributed by atoms with E-state index in [4.69, 9.17) is 16.1 Å². The van der Waals surface area contributed by atoms with Crippen molar-refractivity contribution in [2.75, 3.05) is 0 Å². The summed E-state index contributed by atoms with van der Waals surface area (Å²) >= 11 is 9.29. The van der Waals surface area contributed by atoms with Crippen molar-refractivity contribution in [3.8, 4) is 11.4 Å². The normalized spacial score (nSPS) is 11.2. The van der Waals surface area contributed by atoms with E-state index in [9.17, 15) is 0 Å². The van der Waals surface area contributed by atoms with Gasteiger partial charge >= 0.3 is 0 Å². The monoisotopic (exact) mass is 360 g/mol. The third kappa shape index (κ3) is 2.95. The van der Waals surface area contributed by atoms with Crippen molar-refractivity contribution in [1.82, 2.24) is 20.1 Å². The van der Waals surface area contributed by atoms with Crippen molar-refractivity contribution < 1.29 is 4.52 Å². The minimum atomic E-state index is 0.495. The summed E-state index contributed by atoms with van der Waals surface area (Å²) in [5.74, 6) is 1.57. The van der Waals surface area contributed by atoms with Gasteiger partial charge in [0.15, 0.2) is 0 Å². The van der Waals surface area contributed by atoms with Crippen molar-refractivity contribution in [3.63, 3.8) is 0 Å². The zero-order valence-corrected chi connectivity index (χ0v) is 14.0. The molecule has 3 aromatic heterocycles. The van der Waals surface area contributed by atoms with Gasteiger partial charge in [-0.05, 0) is 23.6 Å². The van der Waals surface area contributed by atoms with Gasteiger partial charge in [0.2, 0.25) is 11.7 Å². The van der Waals surface area contributed by atoms with Crippen LogP contribution in [0.25, 0.3) is 21.6 Å². The van der Waals surface area contributed by atoms with Gasteiger partial charge in [0.25, 0.3) is 0 Å². The number of fused-ring (bicyclic) bond motifs is 1. The second kappa shape index (κ2) is 6.27. The molecule has 0 bridgehead atoms. The zero-order valence-electron chi connectivity index (χ0n) is 11.6. The summed E-state index contributed by atoms with van der Waals surface area (Å²) in [4.78, 5) is 13.9. The highest BCUT2D eigenvalue weighted by Crippen LogP contribution is 2.30. The third-order valence-electron chi connectivity index (χ3n) is 3.14. The minimum absolute atomic E-state index is 0.495. The average molecular weight is 361 g/mol. The number of hydrogen-bond donors (Lipinski definition) is 0. The van der Waals surface area contributed by atoms with Gasteiger partial charge in [0, 0.05) is 10.9 Å². The molecule has 23 heavy (non-hydrogen) atoms. The molecule has 0 atom stereocenters. The lowest BCUT2D eigenvalue weighted by Crippen LogP contribution is -1.86. The smallest absolute Gasteiger partial charge is 0.237 e. The van der Waals surface area contributed by atoms with Crippen LogP contribution in [0.1, 0.15) is 5.89 Å². The maximum Gasteiger partial charge on any atom is 0.237 e. The summed E-state index contributed by atoms with van der Waals surface area (Å²) in [6.07, 6.45) is 1.57. The number of benzene rings is 1. The first-order chi connectivity index (χ1) is 11.3. The lowest BCUT2D eigenvalue weighted by atomic mass is 10.2. The highest BCUT2D eigenvalue weighted by Gasteiger charge is 2.13. The molecular weight excluding hydrogens is 352 g/mol. The van der Waals surface area contributed by atoms with Crippen LogP contribution in [0.3, 0.4) is 0 Å². The molecule has 0 unspecified atom stereocenters. The van der Waals surface area contributed by atoms with Crippen LogP contribution in [-0.2, 0) is 5.75 Å². The first-order valence-electron chi connectivity index (χ1n) is 6.70. The molecule has 5 nitrogen and oxygen atoms in total. The van der Waals surface area contributed by atoms with Crippen molar-refractivity contribution in [2.24, 2.45) is 0 Å². The summed E-state index contributed by atoms with van der Waals surface area (Å²) in [6, 6.07) is 9.44. The van der Waals surface area contributed by atoms with Crippen molar-refractivity contribution in [2.45, 2.75) is 10.8 Å². The average Bonchev–Trinajstić information content (AvgIpc) is 3.22. The van der Waals surface area contributed by atoms with Gasteiger partial charge < -0.3 is 4.52 Å². The van der Waals surface area contributed by atoms with Crippen LogP contribution in [0.15, 0.2) is 51.6 Å². The van der Waals surface area contributed by atoms with E-state index >= 15 is 0 Å². The lowest BCUT2D eigenvalue weighted by molar-refractivity contribution is 0.391. The van der Waals surface area contributed by atoms with Crippen LogP contribution < -0.4 is 0 Å². The SMILES string of the molecule is Clc1ccccc1-c1noc(CSc2ncnc3sccc23)n1. The number of hydrogen-bond acceptors (Lipinski definition) is 7. The summed E-state index contributed by atoms with van der Waals surface area (Å²) in [5, 5.41) is 8.56. The largest absolute Gasteiger partial charge is 0.338 e. The van der Waals surface area contributed by atoms with E-state index in [-0.39, 0.29) is 0 Å². The van der Waals surface area contributed by atoms with Crippen molar-refractivity contribution in [1.29, 1.82) is 0 Å². The van der Waals surface area contributed by atoms with Crippen LogP contribution >= 0.6 is 34.7 Å². The van der Waals surface area contributed by atoms with Gasteiger partial charge in [-0.15, -0.1) is 11.3 Å². The van der Waals surface area contributed by atoms with Crippen molar-refractivity contribution >= 4 is 44.9 Å². The van der Waals surface area contributed by atoms with Gasteiger partial charge in [-0.2, -0.15) is 4.98 Å². The molecule has 0 saturated heterocycles. The molecule has 0 fully saturated rings. The number of halogens is 1. The Hall–Kier alpha value is -1.96. The Kier molecular flexibility index (Phi) is 3.99. The quantitative estimate of drug-likeness (QED) is 0.388. The molecule has 0 aliphatic carbocycles. The van der Waals surface area contributed by atoms with Gasteiger partial charge in [-0.3, -0.25) is 0 Å². The number of rotatable bonds is 4. The van der Waals surface area contributed by atoms with Gasteiger partial charge in [-0.25, -0.2) is 9.97 Å². The van der Waals surface area contributed by atoms with Gasteiger partial charge in [0.1, 0.15) is 16.2 Å². The molecule has 8 heteroatoms. The maximum atomic E-state index is 6.15. The fourth-order valence-electron chi connectivity index (χ4n) is 2.08. The van der Waals surface area contributed by atoms with E-state index in [0.29, 0.717) is 22.5 Å². The Labute approximate surface area is 144 Å². The molecule has 0 aliphatic heterocycles. The Bertz CT molecular complexity index is 969. The molecule has 0 N–H and O–H groups in total. The molecule has 0 saturated carbocycles. The summed E-state index contributed by atoms with van der Waals surface area (Å²) in [7, 11) is 0. The summed E-state index contributed by atoms with van der Waals surface area (Å²) in [5.41, 5.74) is 0.761. The maximum absolute atomic E-state index is 6.15. The number of thioether (sulfide) groups is 1. The minimum Gasteiger partial charge on any atom is -0.338 e. The molecule has 0 aliphatic rings. The second-order valence-corrected chi connectivity index (χ2v) is 6.86. The lowest BCUT2D eigenvalue weighted by Gasteiger charge is -1.98.